The van der Waals surface area contributed by atoms with Crippen LogP contribution in [0, 0.1) is 0 Å². The summed E-state index contributed by atoms with van der Waals surface area (Å²) < 4.78 is 5.68. The summed E-state index contributed by atoms with van der Waals surface area (Å²) in [6, 6.07) is 7.71. The second kappa shape index (κ2) is 6.67. The van der Waals surface area contributed by atoms with Crippen LogP contribution in [0.25, 0.3) is 0 Å². The molecule has 1 heterocycles. The van der Waals surface area contributed by atoms with E-state index in [1.165, 1.54) is 0 Å². The van der Waals surface area contributed by atoms with Gasteiger partial charge in [-0.1, -0.05) is 17.7 Å². The summed E-state index contributed by atoms with van der Waals surface area (Å²) >= 11 is 7.47. The minimum Gasteiger partial charge on any atom is -0.486 e. The Kier molecular flexibility index (Phi) is 4.64. The number of hydrogen-bond donors (Lipinski definition) is 0. The van der Waals surface area contributed by atoms with Crippen LogP contribution in [0.2, 0.25) is 5.02 Å². The number of carbonyl (C=O) groups excluding carboxylic acids is 1. The Bertz CT molecular complexity index is 670. The third-order valence-electron chi connectivity index (χ3n) is 3.48. The van der Waals surface area contributed by atoms with Gasteiger partial charge in [-0.25, -0.2) is 4.98 Å². The van der Waals surface area contributed by atoms with Gasteiger partial charge < -0.3 is 9.64 Å². The van der Waals surface area contributed by atoms with Gasteiger partial charge in [-0.3, -0.25) is 4.79 Å². The predicted octanol–water partition coefficient (Wildman–Crippen LogP) is 3.89. The molecule has 0 saturated heterocycles. The van der Waals surface area contributed by atoms with Crippen molar-refractivity contribution in [2.75, 3.05) is 0 Å². The largest absolute Gasteiger partial charge is 0.486 e. The van der Waals surface area contributed by atoms with E-state index >= 15 is 0 Å². The molecule has 116 valence electrons. The highest BCUT2D eigenvalue weighted by Gasteiger charge is 2.31. The van der Waals surface area contributed by atoms with Crippen molar-refractivity contribution >= 4 is 28.8 Å². The fraction of sp³-hybridized carbons (Fsp3) is 0.375. The average molecular weight is 337 g/mol. The van der Waals surface area contributed by atoms with Gasteiger partial charge in [0.05, 0.1) is 12.2 Å². The van der Waals surface area contributed by atoms with Crippen molar-refractivity contribution in [3.63, 3.8) is 0 Å². The number of hydrogen-bond acceptors (Lipinski definition) is 4. The molecule has 0 radical (unpaired) electrons. The second-order valence-corrected chi connectivity index (χ2v) is 6.74. The quantitative estimate of drug-likeness (QED) is 0.803. The van der Waals surface area contributed by atoms with E-state index in [4.69, 9.17) is 16.3 Å². The third kappa shape index (κ3) is 3.99. The van der Waals surface area contributed by atoms with Gasteiger partial charge in [0.1, 0.15) is 17.4 Å². The molecule has 0 spiro atoms. The molecule has 0 N–H and O–H groups in total. The lowest BCUT2D eigenvalue weighted by Crippen LogP contribution is -2.30. The monoisotopic (exact) mass is 336 g/mol. The summed E-state index contributed by atoms with van der Waals surface area (Å²) in [6.45, 7) is 2.62. The summed E-state index contributed by atoms with van der Waals surface area (Å²) in [4.78, 5) is 18.1. The first-order valence-corrected chi connectivity index (χ1v) is 8.46. The molecular formula is C16H17ClN2O2S. The van der Waals surface area contributed by atoms with Crippen LogP contribution in [0.4, 0.5) is 0 Å². The molecule has 0 aliphatic heterocycles. The molecule has 1 fully saturated rings. The SMILES string of the molecule is CC(=O)N(Cc1csc(COc2cccc(Cl)c2)n1)C1CC1. The Balaban J connectivity index is 1.58. The van der Waals surface area contributed by atoms with E-state index in [0.717, 1.165) is 29.3 Å². The Hall–Kier alpha value is -1.59. The Morgan fingerprint density at radius 1 is 1.50 bits per heavy atom. The minimum atomic E-state index is 0.118. The number of carbonyl (C=O) groups is 1. The van der Waals surface area contributed by atoms with Crippen molar-refractivity contribution in [2.45, 2.75) is 39.0 Å². The highest BCUT2D eigenvalue weighted by atomic mass is 35.5. The van der Waals surface area contributed by atoms with Crippen LogP contribution in [0.15, 0.2) is 29.6 Å². The number of rotatable bonds is 6. The van der Waals surface area contributed by atoms with Gasteiger partial charge in [0.2, 0.25) is 5.91 Å². The molecular weight excluding hydrogens is 320 g/mol. The molecule has 1 saturated carbocycles. The molecule has 1 aromatic heterocycles. The summed E-state index contributed by atoms with van der Waals surface area (Å²) in [7, 11) is 0. The molecule has 1 amide bonds. The summed E-state index contributed by atoms with van der Waals surface area (Å²) in [5.41, 5.74) is 0.928. The van der Waals surface area contributed by atoms with E-state index in [0.29, 0.717) is 24.2 Å². The number of ether oxygens (including phenoxy) is 1. The molecule has 1 aliphatic carbocycles. The standard InChI is InChI=1S/C16H17ClN2O2S/c1-11(20)19(14-5-6-14)8-13-10-22-16(18-13)9-21-15-4-2-3-12(17)7-15/h2-4,7,10,14H,5-6,8-9H2,1H3. The Morgan fingerprint density at radius 3 is 3.00 bits per heavy atom. The smallest absolute Gasteiger partial charge is 0.220 e. The molecule has 0 atom stereocenters. The molecule has 1 aromatic carbocycles. The maximum atomic E-state index is 11.6. The molecule has 22 heavy (non-hydrogen) atoms. The van der Waals surface area contributed by atoms with Crippen LogP contribution in [0.5, 0.6) is 5.75 Å². The van der Waals surface area contributed by atoms with E-state index in [9.17, 15) is 4.79 Å². The van der Waals surface area contributed by atoms with E-state index < -0.39 is 0 Å². The number of thiazole rings is 1. The molecule has 0 unspecified atom stereocenters. The van der Waals surface area contributed by atoms with E-state index in [-0.39, 0.29) is 5.91 Å². The highest BCUT2D eigenvalue weighted by Crippen LogP contribution is 2.28. The van der Waals surface area contributed by atoms with Gasteiger partial charge in [0.25, 0.3) is 0 Å². The normalized spacial score (nSPS) is 13.9. The van der Waals surface area contributed by atoms with Gasteiger partial charge in [-0.05, 0) is 31.0 Å². The maximum Gasteiger partial charge on any atom is 0.220 e. The first-order chi connectivity index (χ1) is 10.6. The zero-order valence-corrected chi connectivity index (χ0v) is 13.9. The lowest BCUT2D eigenvalue weighted by atomic mass is 10.3. The minimum absolute atomic E-state index is 0.118. The molecule has 0 bridgehead atoms. The molecule has 4 nitrogen and oxygen atoms in total. The van der Waals surface area contributed by atoms with Gasteiger partial charge in [-0.2, -0.15) is 0 Å². The molecule has 1 aliphatic rings. The van der Waals surface area contributed by atoms with Crippen LogP contribution >= 0.6 is 22.9 Å². The number of benzene rings is 1. The van der Waals surface area contributed by atoms with Gasteiger partial charge in [0.15, 0.2) is 0 Å². The summed E-state index contributed by atoms with van der Waals surface area (Å²) in [5.74, 6) is 0.847. The van der Waals surface area contributed by atoms with E-state index in [1.807, 2.05) is 28.5 Å². The Labute approximate surface area is 138 Å². The second-order valence-electron chi connectivity index (χ2n) is 5.36. The molecule has 2 aromatic rings. The van der Waals surface area contributed by atoms with Gasteiger partial charge >= 0.3 is 0 Å². The summed E-state index contributed by atoms with van der Waals surface area (Å²) in [5, 5.41) is 3.54. The lowest BCUT2D eigenvalue weighted by Gasteiger charge is -2.19. The number of aromatic nitrogens is 1. The number of halogens is 1. The van der Waals surface area contributed by atoms with Crippen molar-refractivity contribution in [3.8, 4) is 5.75 Å². The van der Waals surface area contributed by atoms with Crippen molar-refractivity contribution in [1.29, 1.82) is 0 Å². The topological polar surface area (TPSA) is 42.4 Å². The predicted molar refractivity (Wildman–Crippen MR) is 87.1 cm³/mol. The number of nitrogens with zero attached hydrogens (tertiary/aromatic N) is 2. The van der Waals surface area contributed by atoms with Crippen LogP contribution < -0.4 is 4.74 Å². The molecule has 6 heteroatoms. The zero-order chi connectivity index (χ0) is 15.5. The van der Waals surface area contributed by atoms with Crippen molar-refractivity contribution in [1.82, 2.24) is 9.88 Å². The van der Waals surface area contributed by atoms with Crippen LogP contribution in [0.1, 0.15) is 30.5 Å². The average Bonchev–Trinajstić information content (AvgIpc) is 3.22. The number of amides is 1. The van der Waals surface area contributed by atoms with Crippen LogP contribution in [-0.2, 0) is 17.9 Å². The zero-order valence-electron chi connectivity index (χ0n) is 12.3. The highest BCUT2D eigenvalue weighted by molar-refractivity contribution is 7.09. The fourth-order valence-corrected chi connectivity index (χ4v) is 3.12. The Morgan fingerprint density at radius 2 is 2.32 bits per heavy atom. The first kappa shape index (κ1) is 15.3. The molecule has 3 rings (SSSR count). The van der Waals surface area contributed by atoms with E-state index in [2.05, 4.69) is 4.98 Å². The van der Waals surface area contributed by atoms with Gasteiger partial charge in [-0.15, -0.1) is 11.3 Å². The van der Waals surface area contributed by atoms with Crippen molar-refractivity contribution in [2.24, 2.45) is 0 Å². The maximum absolute atomic E-state index is 11.6. The van der Waals surface area contributed by atoms with Crippen LogP contribution in [-0.4, -0.2) is 21.8 Å². The van der Waals surface area contributed by atoms with E-state index in [1.54, 1.807) is 24.3 Å². The lowest BCUT2D eigenvalue weighted by molar-refractivity contribution is -0.130. The third-order valence-corrected chi connectivity index (χ3v) is 4.59. The van der Waals surface area contributed by atoms with Crippen molar-refractivity contribution in [3.05, 3.63) is 45.4 Å². The van der Waals surface area contributed by atoms with Crippen LogP contribution in [0.3, 0.4) is 0 Å². The van der Waals surface area contributed by atoms with Crippen molar-refractivity contribution < 1.29 is 9.53 Å². The van der Waals surface area contributed by atoms with Gasteiger partial charge in [0, 0.05) is 23.4 Å². The summed E-state index contributed by atoms with van der Waals surface area (Å²) in [6.07, 6.45) is 2.21. The first-order valence-electron chi connectivity index (χ1n) is 7.20. The fourth-order valence-electron chi connectivity index (χ4n) is 2.25.